The Labute approximate surface area is 160 Å². The summed E-state index contributed by atoms with van der Waals surface area (Å²) in [6.07, 6.45) is 9.64. The highest BCUT2D eigenvalue weighted by Crippen LogP contribution is 2.13. The number of unbranched alkanes of at least 4 members (excludes halogenated alkanes) is 1. The lowest BCUT2D eigenvalue weighted by Crippen LogP contribution is -2.51. The van der Waals surface area contributed by atoms with Gasteiger partial charge in [-0.3, -0.25) is 4.79 Å². The van der Waals surface area contributed by atoms with E-state index in [0.29, 0.717) is 32.4 Å². The van der Waals surface area contributed by atoms with Crippen LogP contribution in [0.25, 0.3) is 0 Å². The zero-order valence-electron chi connectivity index (χ0n) is 15.5. The Morgan fingerprint density at radius 1 is 1.30 bits per heavy atom. The van der Waals surface area contributed by atoms with E-state index in [1.807, 2.05) is 48.6 Å². The molecule has 1 aliphatic rings. The van der Waals surface area contributed by atoms with Crippen molar-refractivity contribution < 1.29 is 19.8 Å². The molecular weight excluding hydrogens is 344 g/mol. The molecule has 1 unspecified atom stereocenters. The third-order valence-electron chi connectivity index (χ3n) is 4.45. The fraction of sp³-hybridized carbons (Fsp3) is 0.429. The number of carbonyl (C=O) groups is 2. The summed E-state index contributed by atoms with van der Waals surface area (Å²) in [7, 11) is 0. The average Bonchev–Trinajstić information content (AvgIpc) is 2.65. The largest absolute Gasteiger partial charge is 0.481 e. The average molecular weight is 372 g/mol. The van der Waals surface area contributed by atoms with Crippen LogP contribution in [0.3, 0.4) is 0 Å². The van der Waals surface area contributed by atoms with E-state index in [1.165, 1.54) is 0 Å². The molecule has 0 aliphatic carbocycles. The summed E-state index contributed by atoms with van der Waals surface area (Å²) in [6, 6.07) is 9.61. The molecule has 0 aromatic heterocycles. The summed E-state index contributed by atoms with van der Waals surface area (Å²) < 4.78 is 0. The number of amides is 2. The van der Waals surface area contributed by atoms with Gasteiger partial charge in [0.15, 0.2) is 0 Å². The molecule has 3 N–H and O–H groups in total. The molecule has 2 amide bonds. The predicted octanol–water partition coefficient (Wildman–Crippen LogP) is 2.74. The Hall–Kier alpha value is -2.60. The van der Waals surface area contributed by atoms with Crippen LogP contribution < -0.4 is 5.32 Å². The van der Waals surface area contributed by atoms with Crippen molar-refractivity contribution in [1.29, 1.82) is 0 Å². The normalized spacial score (nSPS) is 18.8. The molecule has 1 fully saturated rings. The SMILES string of the molecule is O=C(O)CCC/C=C\CN1C(=O)NCC[C@@H]1/C=C/C(O)Cc1ccccc1. The van der Waals surface area contributed by atoms with Crippen LogP contribution in [0.4, 0.5) is 4.79 Å². The van der Waals surface area contributed by atoms with Crippen molar-refractivity contribution in [1.82, 2.24) is 10.2 Å². The molecule has 1 saturated heterocycles. The van der Waals surface area contributed by atoms with Gasteiger partial charge in [0.25, 0.3) is 0 Å². The van der Waals surface area contributed by atoms with Crippen LogP contribution in [0, 0.1) is 0 Å². The number of urea groups is 1. The maximum atomic E-state index is 12.2. The van der Waals surface area contributed by atoms with E-state index in [-0.39, 0.29) is 18.5 Å². The van der Waals surface area contributed by atoms with E-state index in [2.05, 4.69) is 5.32 Å². The van der Waals surface area contributed by atoms with Gasteiger partial charge < -0.3 is 20.4 Å². The number of carboxylic acid groups (broad SMARTS) is 1. The molecule has 6 heteroatoms. The fourth-order valence-electron chi connectivity index (χ4n) is 3.01. The Morgan fingerprint density at radius 2 is 2.07 bits per heavy atom. The monoisotopic (exact) mass is 372 g/mol. The summed E-state index contributed by atoms with van der Waals surface area (Å²) in [5, 5.41) is 21.7. The summed E-state index contributed by atoms with van der Waals surface area (Å²) in [5.74, 6) is -0.793. The van der Waals surface area contributed by atoms with Crippen LogP contribution in [0.2, 0.25) is 0 Å². The molecule has 0 spiro atoms. The third-order valence-corrected chi connectivity index (χ3v) is 4.45. The Morgan fingerprint density at radius 3 is 2.81 bits per heavy atom. The van der Waals surface area contributed by atoms with Crippen LogP contribution >= 0.6 is 0 Å². The highest BCUT2D eigenvalue weighted by atomic mass is 16.4. The van der Waals surface area contributed by atoms with Crippen molar-refractivity contribution in [2.75, 3.05) is 13.1 Å². The minimum atomic E-state index is -0.793. The van der Waals surface area contributed by atoms with Crippen molar-refractivity contribution in [3.05, 3.63) is 60.2 Å². The number of benzene rings is 1. The van der Waals surface area contributed by atoms with Crippen molar-refractivity contribution in [3.8, 4) is 0 Å². The number of aliphatic carboxylic acids is 1. The van der Waals surface area contributed by atoms with Crippen LogP contribution in [-0.4, -0.2) is 52.3 Å². The van der Waals surface area contributed by atoms with Gasteiger partial charge in [0.1, 0.15) is 0 Å². The number of carboxylic acids is 1. The molecule has 0 radical (unpaired) electrons. The molecule has 2 rings (SSSR count). The number of aliphatic hydroxyl groups is 1. The number of hydrogen-bond donors (Lipinski definition) is 3. The second-order valence-corrected chi connectivity index (χ2v) is 6.64. The lowest BCUT2D eigenvalue weighted by molar-refractivity contribution is -0.137. The lowest BCUT2D eigenvalue weighted by Gasteiger charge is -2.33. The molecule has 6 nitrogen and oxygen atoms in total. The smallest absolute Gasteiger partial charge is 0.318 e. The van der Waals surface area contributed by atoms with Gasteiger partial charge in [-0.05, 0) is 24.8 Å². The maximum absolute atomic E-state index is 12.2. The summed E-state index contributed by atoms with van der Waals surface area (Å²) in [4.78, 5) is 24.4. The Kier molecular flexibility index (Phi) is 8.58. The van der Waals surface area contributed by atoms with Crippen LogP contribution in [0.5, 0.6) is 0 Å². The van der Waals surface area contributed by atoms with Gasteiger partial charge in [-0.25, -0.2) is 4.79 Å². The third kappa shape index (κ3) is 7.66. The van der Waals surface area contributed by atoms with Gasteiger partial charge in [-0.2, -0.15) is 0 Å². The zero-order chi connectivity index (χ0) is 19.5. The summed E-state index contributed by atoms with van der Waals surface area (Å²) in [6.45, 7) is 1.07. The first-order valence-corrected chi connectivity index (χ1v) is 9.38. The number of allylic oxidation sites excluding steroid dienone is 1. The molecule has 146 valence electrons. The molecule has 1 aliphatic heterocycles. The van der Waals surface area contributed by atoms with Crippen molar-refractivity contribution >= 4 is 12.0 Å². The van der Waals surface area contributed by atoms with Gasteiger partial charge in [0, 0.05) is 25.9 Å². The number of carbonyl (C=O) groups excluding carboxylic acids is 1. The molecule has 0 saturated carbocycles. The van der Waals surface area contributed by atoms with Gasteiger partial charge in [0.2, 0.25) is 0 Å². The molecule has 1 aromatic rings. The summed E-state index contributed by atoms with van der Waals surface area (Å²) >= 11 is 0. The molecule has 2 atom stereocenters. The highest BCUT2D eigenvalue weighted by Gasteiger charge is 2.24. The van der Waals surface area contributed by atoms with Gasteiger partial charge >= 0.3 is 12.0 Å². The van der Waals surface area contributed by atoms with E-state index in [9.17, 15) is 14.7 Å². The van der Waals surface area contributed by atoms with Crippen molar-refractivity contribution in [2.45, 2.75) is 44.2 Å². The quantitative estimate of drug-likeness (QED) is 0.435. The van der Waals surface area contributed by atoms with Crippen molar-refractivity contribution in [2.24, 2.45) is 0 Å². The summed E-state index contributed by atoms with van der Waals surface area (Å²) in [5.41, 5.74) is 1.07. The molecule has 27 heavy (non-hydrogen) atoms. The van der Waals surface area contributed by atoms with Crippen LogP contribution in [0.1, 0.15) is 31.2 Å². The van der Waals surface area contributed by atoms with Crippen molar-refractivity contribution in [3.63, 3.8) is 0 Å². The van der Waals surface area contributed by atoms with E-state index in [4.69, 9.17) is 5.11 Å². The standard InChI is InChI=1S/C21H28N2O4/c24-19(16-17-8-4-3-5-9-17)12-11-18-13-14-22-21(27)23(18)15-7-2-1-6-10-20(25)26/h2-5,7-9,11-12,18-19,24H,1,6,10,13-16H2,(H,22,27)(H,25,26)/b7-2-,12-11+/t18-,19?/m0/s1. The number of nitrogens with zero attached hydrogens (tertiary/aromatic N) is 1. The first-order chi connectivity index (χ1) is 13.1. The molecule has 1 heterocycles. The van der Waals surface area contributed by atoms with E-state index >= 15 is 0 Å². The van der Waals surface area contributed by atoms with E-state index < -0.39 is 12.1 Å². The predicted molar refractivity (Wildman–Crippen MR) is 104 cm³/mol. The van der Waals surface area contributed by atoms with Gasteiger partial charge in [0.05, 0.1) is 12.1 Å². The topological polar surface area (TPSA) is 89.9 Å². The van der Waals surface area contributed by atoms with Crippen LogP contribution in [0.15, 0.2) is 54.6 Å². The van der Waals surface area contributed by atoms with Gasteiger partial charge in [-0.1, -0.05) is 54.6 Å². The lowest BCUT2D eigenvalue weighted by atomic mass is 10.0. The van der Waals surface area contributed by atoms with Crippen LogP contribution in [-0.2, 0) is 11.2 Å². The molecule has 1 aromatic carbocycles. The zero-order valence-corrected chi connectivity index (χ0v) is 15.5. The first kappa shape index (κ1) is 20.7. The second-order valence-electron chi connectivity index (χ2n) is 6.64. The first-order valence-electron chi connectivity index (χ1n) is 9.38. The fourth-order valence-corrected chi connectivity index (χ4v) is 3.01. The van der Waals surface area contributed by atoms with Gasteiger partial charge in [-0.15, -0.1) is 0 Å². The molecule has 0 bridgehead atoms. The molecular formula is C21H28N2O4. The van der Waals surface area contributed by atoms with E-state index in [0.717, 1.165) is 12.0 Å². The minimum absolute atomic E-state index is 0.0622. The van der Waals surface area contributed by atoms with E-state index in [1.54, 1.807) is 11.0 Å². The highest BCUT2D eigenvalue weighted by molar-refractivity contribution is 5.75. The second kappa shape index (κ2) is 11.2. The number of rotatable bonds is 10. The number of nitrogens with one attached hydrogen (secondary N) is 1. The number of hydrogen-bond acceptors (Lipinski definition) is 3. The minimum Gasteiger partial charge on any atom is -0.481 e. The Balaban J connectivity index is 1.85. The maximum Gasteiger partial charge on any atom is 0.318 e. The number of aliphatic hydroxyl groups excluding tert-OH is 1. The Bertz CT molecular complexity index is 657.